The van der Waals surface area contributed by atoms with Crippen molar-refractivity contribution >= 4 is 39.5 Å². The van der Waals surface area contributed by atoms with Crippen LogP contribution in [0.1, 0.15) is 22.2 Å². The number of benzene rings is 1. The van der Waals surface area contributed by atoms with E-state index in [2.05, 4.69) is 10.6 Å². The third kappa shape index (κ3) is 3.86. The number of nitrogens with two attached hydrogens (primary N) is 1. The van der Waals surface area contributed by atoms with Gasteiger partial charge in [0.15, 0.2) is 0 Å². The number of nitrogens with one attached hydrogen (secondary N) is 2. The summed E-state index contributed by atoms with van der Waals surface area (Å²) in [5.74, 6) is -0.628. The Morgan fingerprint density at radius 3 is 2.86 bits per heavy atom. The molecule has 1 aromatic heterocycles. The molecule has 1 amide bonds. The number of anilines is 2. The molecule has 4 nitrogen and oxygen atoms in total. The van der Waals surface area contributed by atoms with Crippen molar-refractivity contribution in [3.8, 4) is 0 Å². The van der Waals surface area contributed by atoms with E-state index in [1.807, 2.05) is 6.92 Å². The van der Waals surface area contributed by atoms with Crippen molar-refractivity contribution in [3.05, 3.63) is 45.5 Å². The Kier molecular flexibility index (Phi) is 5.03. The van der Waals surface area contributed by atoms with Crippen molar-refractivity contribution in [2.45, 2.75) is 13.5 Å². The van der Waals surface area contributed by atoms with Gasteiger partial charge in [-0.05, 0) is 30.7 Å². The van der Waals surface area contributed by atoms with Crippen molar-refractivity contribution in [2.75, 3.05) is 17.6 Å². The Labute approximate surface area is 131 Å². The molecule has 0 saturated carbocycles. The maximum Gasteiger partial charge on any atom is 0.263 e. The van der Waals surface area contributed by atoms with E-state index in [4.69, 9.17) is 17.3 Å². The van der Waals surface area contributed by atoms with Crippen LogP contribution in [-0.4, -0.2) is 12.5 Å². The lowest BCUT2D eigenvalue weighted by molar-refractivity contribution is 0.0960. The van der Waals surface area contributed by atoms with Crippen LogP contribution < -0.4 is 16.4 Å². The Morgan fingerprint density at radius 1 is 1.43 bits per heavy atom. The standard InChI is InChI=1S/C14H15ClFN3OS/c1-2-18-14(20)13-11(17)6-12(21-13)19-7-8-3-4-10(16)9(15)5-8/h3-6,19H,2,7,17H2,1H3,(H,18,20). The molecule has 0 spiro atoms. The number of rotatable bonds is 5. The number of hydrogen-bond donors (Lipinski definition) is 3. The number of carbonyl (C=O) groups excluding carboxylic acids is 1. The number of nitrogen functional groups attached to an aromatic ring is 1. The zero-order chi connectivity index (χ0) is 15.4. The smallest absolute Gasteiger partial charge is 0.263 e. The van der Waals surface area contributed by atoms with E-state index in [0.717, 1.165) is 10.6 Å². The molecule has 0 atom stereocenters. The van der Waals surface area contributed by atoms with Gasteiger partial charge >= 0.3 is 0 Å². The molecule has 2 rings (SSSR count). The summed E-state index contributed by atoms with van der Waals surface area (Å²) in [7, 11) is 0. The molecule has 0 bridgehead atoms. The highest BCUT2D eigenvalue weighted by molar-refractivity contribution is 7.18. The molecule has 0 aliphatic rings. The second kappa shape index (κ2) is 6.78. The highest BCUT2D eigenvalue weighted by atomic mass is 35.5. The molecule has 4 N–H and O–H groups in total. The van der Waals surface area contributed by atoms with Crippen LogP contribution in [0.4, 0.5) is 15.1 Å². The van der Waals surface area contributed by atoms with Crippen LogP contribution in [0.3, 0.4) is 0 Å². The molecule has 1 aromatic carbocycles. The minimum Gasteiger partial charge on any atom is -0.397 e. The molecule has 0 unspecified atom stereocenters. The van der Waals surface area contributed by atoms with E-state index in [0.29, 0.717) is 23.7 Å². The van der Waals surface area contributed by atoms with E-state index in [-0.39, 0.29) is 10.9 Å². The van der Waals surface area contributed by atoms with Crippen molar-refractivity contribution in [1.82, 2.24) is 5.32 Å². The van der Waals surface area contributed by atoms with E-state index in [1.54, 1.807) is 18.2 Å². The number of amides is 1. The Hall–Kier alpha value is -1.79. The number of hydrogen-bond acceptors (Lipinski definition) is 4. The van der Waals surface area contributed by atoms with Crippen LogP contribution in [0.2, 0.25) is 5.02 Å². The predicted octanol–water partition coefficient (Wildman–Crippen LogP) is 3.48. The molecule has 7 heteroatoms. The number of carbonyl (C=O) groups is 1. The van der Waals surface area contributed by atoms with Crippen LogP contribution in [-0.2, 0) is 6.54 Å². The first-order chi connectivity index (χ1) is 10.0. The second-order valence-electron chi connectivity index (χ2n) is 4.36. The van der Waals surface area contributed by atoms with Gasteiger partial charge in [-0.25, -0.2) is 4.39 Å². The van der Waals surface area contributed by atoms with Crippen molar-refractivity contribution in [2.24, 2.45) is 0 Å². The van der Waals surface area contributed by atoms with Gasteiger partial charge in [-0.2, -0.15) is 0 Å². The van der Waals surface area contributed by atoms with Crippen LogP contribution >= 0.6 is 22.9 Å². The molecule has 0 aliphatic heterocycles. The van der Waals surface area contributed by atoms with Gasteiger partial charge in [0.1, 0.15) is 10.7 Å². The van der Waals surface area contributed by atoms with E-state index in [1.165, 1.54) is 17.4 Å². The van der Waals surface area contributed by atoms with Gasteiger partial charge < -0.3 is 16.4 Å². The van der Waals surface area contributed by atoms with Crippen molar-refractivity contribution < 1.29 is 9.18 Å². The maximum atomic E-state index is 13.1. The van der Waals surface area contributed by atoms with Gasteiger partial charge in [0.25, 0.3) is 5.91 Å². The number of thiophene rings is 1. The first-order valence-corrected chi connectivity index (χ1v) is 7.56. The third-order valence-corrected chi connectivity index (χ3v) is 4.15. The minimum atomic E-state index is -0.445. The fourth-order valence-corrected chi connectivity index (χ4v) is 2.84. The fraction of sp³-hybridized carbons (Fsp3) is 0.214. The normalized spacial score (nSPS) is 10.4. The lowest BCUT2D eigenvalue weighted by Gasteiger charge is -2.04. The highest BCUT2D eigenvalue weighted by Gasteiger charge is 2.13. The summed E-state index contributed by atoms with van der Waals surface area (Å²) in [6, 6.07) is 6.24. The molecule has 2 aromatic rings. The quantitative estimate of drug-likeness (QED) is 0.787. The van der Waals surface area contributed by atoms with E-state index >= 15 is 0 Å². The molecule has 0 fully saturated rings. The Morgan fingerprint density at radius 2 is 2.19 bits per heavy atom. The fourth-order valence-electron chi connectivity index (χ4n) is 1.75. The monoisotopic (exact) mass is 327 g/mol. The first-order valence-electron chi connectivity index (χ1n) is 6.36. The summed E-state index contributed by atoms with van der Waals surface area (Å²) >= 11 is 7.01. The van der Waals surface area contributed by atoms with Gasteiger partial charge in [-0.3, -0.25) is 4.79 Å². The van der Waals surface area contributed by atoms with Gasteiger partial charge in [-0.15, -0.1) is 11.3 Å². The molecular weight excluding hydrogens is 313 g/mol. The Balaban J connectivity index is 2.05. The van der Waals surface area contributed by atoms with Gasteiger partial charge in [0, 0.05) is 13.1 Å². The van der Waals surface area contributed by atoms with Crippen LogP contribution in [0.25, 0.3) is 0 Å². The van der Waals surface area contributed by atoms with E-state index < -0.39 is 5.82 Å². The van der Waals surface area contributed by atoms with Gasteiger partial charge in [0.05, 0.1) is 15.7 Å². The summed E-state index contributed by atoms with van der Waals surface area (Å²) in [4.78, 5) is 12.3. The average Bonchev–Trinajstić information content (AvgIpc) is 2.82. The summed E-state index contributed by atoms with van der Waals surface area (Å²) in [5, 5.41) is 6.71. The lowest BCUT2D eigenvalue weighted by atomic mass is 10.2. The summed E-state index contributed by atoms with van der Waals surface area (Å²) in [6.45, 7) is 2.86. The third-order valence-electron chi connectivity index (χ3n) is 2.76. The maximum absolute atomic E-state index is 13.1. The number of halogens is 2. The molecular formula is C14H15ClFN3OS. The predicted molar refractivity (Wildman–Crippen MR) is 85.5 cm³/mol. The molecule has 0 saturated heterocycles. The largest absolute Gasteiger partial charge is 0.397 e. The minimum absolute atomic E-state index is 0.0861. The SMILES string of the molecule is CCNC(=O)c1sc(NCc2ccc(F)c(Cl)c2)cc1N. The average molecular weight is 328 g/mol. The second-order valence-corrected chi connectivity index (χ2v) is 5.82. The molecule has 1 heterocycles. The van der Waals surface area contributed by atoms with Gasteiger partial charge in [-0.1, -0.05) is 17.7 Å². The Bertz CT molecular complexity index is 660. The van der Waals surface area contributed by atoms with Crippen LogP contribution in [0, 0.1) is 5.82 Å². The molecule has 0 radical (unpaired) electrons. The zero-order valence-corrected chi connectivity index (χ0v) is 12.9. The van der Waals surface area contributed by atoms with E-state index in [9.17, 15) is 9.18 Å². The summed E-state index contributed by atoms with van der Waals surface area (Å²) in [6.07, 6.45) is 0. The topological polar surface area (TPSA) is 67.2 Å². The van der Waals surface area contributed by atoms with Crippen LogP contribution in [0.15, 0.2) is 24.3 Å². The van der Waals surface area contributed by atoms with Crippen LogP contribution in [0.5, 0.6) is 0 Å². The molecule has 21 heavy (non-hydrogen) atoms. The van der Waals surface area contributed by atoms with Crippen molar-refractivity contribution in [3.63, 3.8) is 0 Å². The molecule has 112 valence electrons. The summed E-state index contributed by atoms with van der Waals surface area (Å²) in [5.41, 5.74) is 7.10. The first kappa shape index (κ1) is 15.6. The van der Waals surface area contributed by atoms with Gasteiger partial charge in [0.2, 0.25) is 0 Å². The lowest BCUT2D eigenvalue weighted by Crippen LogP contribution is -2.22. The highest BCUT2D eigenvalue weighted by Crippen LogP contribution is 2.29. The van der Waals surface area contributed by atoms with Crippen molar-refractivity contribution in [1.29, 1.82) is 0 Å². The molecule has 0 aliphatic carbocycles. The zero-order valence-electron chi connectivity index (χ0n) is 11.4. The summed E-state index contributed by atoms with van der Waals surface area (Å²) < 4.78 is 13.1.